The van der Waals surface area contributed by atoms with Gasteiger partial charge in [0.2, 0.25) is 5.78 Å². The highest BCUT2D eigenvalue weighted by molar-refractivity contribution is 5.93. The van der Waals surface area contributed by atoms with E-state index in [1.54, 1.807) is 0 Å². The van der Waals surface area contributed by atoms with Crippen LogP contribution in [0.5, 0.6) is 0 Å². The molecule has 0 aromatic carbocycles. The second-order valence-corrected chi connectivity index (χ2v) is 5.50. The summed E-state index contributed by atoms with van der Waals surface area (Å²) in [6.07, 6.45) is 17.3. The highest BCUT2D eigenvalue weighted by Gasteiger charge is 1.92. The third-order valence-corrected chi connectivity index (χ3v) is 3.42. The normalized spacial score (nSPS) is 10.0. The van der Waals surface area contributed by atoms with Crippen LogP contribution in [0.25, 0.3) is 0 Å². The van der Waals surface area contributed by atoms with Crippen molar-refractivity contribution in [1.82, 2.24) is 0 Å². The van der Waals surface area contributed by atoms with Crippen LogP contribution < -0.4 is 0 Å². The molecule has 0 aliphatic rings. The van der Waals surface area contributed by atoms with Crippen molar-refractivity contribution in [3.63, 3.8) is 0 Å². The molecule has 0 N–H and O–H groups in total. The van der Waals surface area contributed by atoms with Gasteiger partial charge in [0.15, 0.2) is 0 Å². The zero-order chi connectivity index (χ0) is 14.2. The van der Waals surface area contributed by atoms with E-state index in [0.29, 0.717) is 0 Å². The van der Waals surface area contributed by atoms with Crippen LogP contribution in [0.4, 0.5) is 0 Å². The lowest BCUT2D eigenvalue weighted by atomic mass is 10.0. The molecule has 1 heteroatoms. The molecule has 0 rings (SSSR count). The molecule has 0 aliphatic heterocycles. The lowest BCUT2D eigenvalue weighted by Crippen LogP contribution is -1.83. The zero-order valence-corrected chi connectivity index (χ0v) is 13.1. The summed E-state index contributed by atoms with van der Waals surface area (Å²) in [6.45, 7) is 3.79. The van der Waals surface area contributed by atoms with Crippen LogP contribution in [0.15, 0.2) is 0 Å². The van der Waals surface area contributed by atoms with E-state index in [4.69, 9.17) is 0 Å². The molecule has 0 saturated heterocycles. The van der Waals surface area contributed by atoms with Gasteiger partial charge in [0.1, 0.15) is 0 Å². The third kappa shape index (κ3) is 17.2. The Kier molecular flexibility index (Phi) is 14.7. The predicted octanol–water partition coefficient (Wildman–Crippen LogP) is 5.67. The molecule has 0 amide bonds. The molecular weight excluding hydrogens is 232 g/mol. The van der Waals surface area contributed by atoms with Gasteiger partial charge in [-0.05, 0) is 12.3 Å². The first kappa shape index (κ1) is 18.2. The quantitative estimate of drug-likeness (QED) is 0.252. The van der Waals surface area contributed by atoms with Crippen molar-refractivity contribution in [3.05, 3.63) is 0 Å². The molecule has 0 unspecified atom stereocenters. The second kappa shape index (κ2) is 15.3. The van der Waals surface area contributed by atoms with Crippen molar-refractivity contribution in [2.24, 2.45) is 0 Å². The number of hydrogen-bond acceptors (Lipinski definition) is 1. The van der Waals surface area contributed by atoms with Gasteiger partial charge in [0.25, 0.3) is 0 Å². The first-order valence-corrected chi connectivity index (χ1v) is 8.26. The van der Waals surface area contributed by atoms with E-state index >= 15 is 0 Å². The summed E-state index contributed by atoms with van der Waals surface area (Å²) in [6, 6.07) is 0. The Labute approximate surface area is 120 Å². The van der Waals surface area contributed by atoms with Crippen molar-refractivity contribution in [1.29, 1.82) is 0 Å². The van der Waals surface area contributed by atoms with Gasteiger partial charge >= 0.3 is 0 Å². The molecule has 0 bridgehead atoms. The Morgan fingerprint density at radius 1 is 0.737 bits per heavy atom. The van der Waals surface area contributed by atoms with Crippen LogP contribution in [0, 0.1) is 11.8 Å². The van der Waals surface area contributed by atoms with Crippen molar-refractivity contribution in [2.75, 3.05) is 0 Å². The van der Waals surface area contributed by atoms with Gasteiger partial charge in [-0.15, -0.1) is 0 Å². The Balaban J connectivity index is 3.03. The molecule has 19 heavy (non-hydrogen) atoms. The van der Waals surface area contributed by atoms with Gasteiger partial charge in [-0.3, -0.25) is 4.79 Å². The van der Waals surface area contributed by atoms with Crippen LogP contribution >= 0.6 is 0 Å². The van der Waals surface area contributed by atoms with Gasteiger partial charge in [-0.25, -0.2) is 0 Å². The summed E-state index contributed by atoms with van der Waals surface area (Å²) in [5.41, 5.74) is 0. The smallest absolute Gasteiger partial charge is 0.202 e. The molecule has 0 aliphatic carbocycles. The maximum atomic E-state index is 10.6. The Morgan fingerprint density at radius 2 is 1.16 bits per heavy atom. The Bertz CT molecular complexity index is 257. The van der Waals surface area contributed by atoms with Gasteiger partial charge < -0.3 is 0 Å². The number of unbranched alkanes of at least 4 members (excludes halogenated alkanes) is 12. The van der Waals surface area contributed by atoms with Crippen LogP contribution in [0.2, 0.25) is 0 Å². The topological polar surface area (TPSA) is 17.1 Å². The standard InChI is InChI=1S/C18H32O/c1-3-4-5-6-7-8-9-10-11-12-13-14-15-16-17-18(2)19/h3-15H2,1-2H3. The first-order chi connectivity index (χ1) is 9.27. The minimum Gasteiger partial charge on any atom is -0.285 e. The SMILES string of the molecule is CCCCCCCCCCCCCCC#CC(C)=O. The minimum absolute atomic E-state index is 0.0149. The highest BCUT2D eigenvalue weighted by atomic mass is 16.1. The molecule has 0 saturated carbocycles. The fourth-order valence-corrected chi connectivity index (χ4v) is 2.24. The van der Waals surface area contributed by atoms with Gasteiger partial charge in [-0.2, -0.15) is 0 Å². The molecule has 0 aromatic rings. The van der Waals surface area contributed by atoms with Crippen LogP contribution in [-0.4, -0.2) is 5.78 Å². The van der Waals surface area contributed by atoms with Crippen molar-refractivity contribution in [2.45, 2.75) is 97.3 Å². The molecule has 0 radical (unpaired) electrons. The molecule has 0 spiro atoms. The van der Waals surface area contributed by atoms with E-state index in [1.807, 2.05) is 0 Å². The number of Topliss-reactive ketones (excluding diaryl/α,β-unsaturated/α-hetero) is 1. The predicted molar refractivity (Wildman–Crippen MR) is 84.2 cm³/mol. The van der Waals surface area contributed by atoms with E-state index in [0.717, 1.165) is 12.8 Å². The van der Waals surface area contributed by atoms with Crippen molar-refractivity contribution in [3.8, 4) is 11.8 Å². The van der Waals surface area contributed by atoms with E-state index < -0.39 is 0 Å². The minimum atomic E-state index is -0.0149. The van der Waals surface area contributed by atoms with Crippen molar-refractivity contribution >= 4 is 5.78 Å². The fraction of sp³-hybridized carbons (Fsp3) is 0.833. The molecule has 0 fully saturated rings. The van der Waals surface area contributed by atoms with Crippen molar-refractivity contribution < 1.29 is 4.79 Å². The lowest BCUT2D eigenvalue weighted by Gasteiger charge is -2.01. The average Bonchev–Trinajstić information content (AvgIpc) is 2.39. The molecular formula is C18H32O. The summed E-state index contributed by atoms with van der Waals surface area (Å²) >= 11 is 0. The van der Waals surface area contributed by atoms with Crippen LogP contribution in [-0.2, 0) is 4.79 Å². The monoisotopic (exact) mass is 264 g/mol. The van der Waals surface area contributed by atoms with E-state index in [9.17, 15) is 4.79 Å². The van der Waals surface area contributed by atoms with Gasteiger partial charge in [-0.1, -0.05) is 83.5 Å². The summed E-state index contributed by atoms with van der Waals surface area (Å²) in [7, 11) is 0. The lowest BCUT2D eigenvalue weighted by molar-refractivity contribution is -0.111. The van der Waals surface area contributed by atoms with E-state index in [1.165, 1.54) is 77.6 Å². The van der Waals surface area contributed by atoms with Gasteiger partial charge in [0.05, 0.1) is 0 Å². The number of ketones is 1. The molecule has 110 valence electrons. The summed E-state index contributed by atoms with van der Waals surface area (Å²) in [5.74, 6) is 5.50. The fourth-order valence-electron chi connectivity index (χ4n) is 2.24. The summed E-state index contributed by atoms with van der Waals surface area (Å²) < 4.78 is 0. The van der Waals surface area contributed by atoms with E-state index in [-0.39, 0.29) is 5.78 Å². The summed E-state index contributed by atoms with van der Waals surface area (Å²) in [4.78, 5) is 10.6. The summed E-state index contributed by atoms with van der Waals surface area (Å²) in [5, 5.41) is 0. The number of carbonyl (C=O) groups is 1. The zero-order valence-electron chi connectivity index (χ0n) is 13.1. The maximum absolute atomic E-state index is 10.6. The number of carbonyl (C=O) groups excluding carboxylic acids is 1. The maximum Gasteiger partial charge on any atom is 0.202 e. The number of hydrogen-bond donors (Lipinski definition) is 0. The largest absolute Gasteiger partial charge is 0.285 e. The second-order valence-electron chi connectivity index (χ2n) is 5.50. The number of rotatable bonds is 12. The van der Waals surface area contributed by atoms with Crippen LogP contribution in [0.1, 0.15) is 97.3 Å². The molecule has 1 nitrogen and oxygen atoms in total. The highest BCUT2D eigenvalue weighted by Crippen LogP contribution is 2.12. The Hall–Kier alpha value is -0.770. The third-order valence-electron chi connectivity index (χ3n) is 3.42. The van der Waals surface area contributed by atoms with E-state index in [2.05, 4.69) is 18.8 Å². The van der Waals surface area contributed by atoms with Crippen LogP contribution in [0.3, 0.4) is 0 Å². The first-order valence-electron chi connectivity index (χ1n) is 8.26. The molecule has 0 atom stereocenters. The average molecular weight is 264 g/mol. The molecule has 0 heterocycles. The Morgan fingerprint density at radius 3 is 1.58 bits per heavy atom. The van der Waals surface area contributed by atoms with Gasteiger partial charge in [0, 0.05) is 13.3 Å². The molecule has 0 aromatic heterocycles.